The number of amides is 1. The topological polar surface area (TPSA) is 52.9 Å². The molecule has 0 aliphatic heterocycles. The van der Waals surface area contributed by atoms with Crippen molar-refractivity contribution in [2.45, 2.75) is 32.1 Å². The van der Waals surface area contributed by atoms with Gasteiger partial charge in [0.25, 0.3) is 0 Å². The Bertz CT molecular complexity index is 531. The highest BCUT2D eigenvalue weighted by atomic mass is 35.5. The molecule has 0 atom stereocenters. The number of halogens is 2. The third-order valence-corrected chi connectivity index (χ3v) is 4.08. The lowest BCUT2D eigenvalue weighted by atomic mass is 9.74. The first-order valence-corrected chi connectivity index (χ1v) is 7.01. The van der Waals surface area contributed by atoms with Crippen LogP contribution in [0.1, 0.15) is 32.1 Å². The Morgan fingerprint density at radius 1 is 1.26 bits per heavy atom. The minimum absolute atomic E-state index is 0.265. The van der Waals surface area contributed by atoms with Crippen LogP contribution in [0.3, 0.4) is 0 Å². The lowest BCUT2D eigenvalue weighted by Gasteiger charge is -2.29. The fourth-order valence-electron chi connectivity index (χ4n) is 2.38. The van der Waals surface area contributed by atoms with Crippen molar-refractivity contribution in [1.29, 1.82) is 5.26 Å². The van der Waals surface area contributed by atoms with E-state index in [-0.39, 0.29) is 5.91 Å². The molecule has 0 radical (unpaired) electrons. The minimum atomic E-state index is -0.915. The molecule has 19 heavy (non-hydrogen) atoms. The molecule has 100 valence electrons. The summed E-state index contributed by atoms with van der Waals surface area (Å²) in [6.07, 6.45) is 4.13. The van der Waals surface area contributed by atoms with Crippen molar-refractivity contribution in [3.8, 4) is 6.07 Å². The van der Waals surface area contributed by atoms with Gasteiger partial charge in [-0.3, -0.25) is 4.79 Å². The van der Waals surface area contributed by atoms with Gasteiger partial charge in [0, 0.05) is 5.02 Å². The molecule has 0 saturated heterocycles. The maximum atomic E-state index is 12.3. The van der Waals surface area contributed by atoms with Gasteiger partial charge >= 0.3 is 0 Å². The SMILES string of the molecule is N#CC1(C(=O)Nc2ccc(Cl)cc2Cl)CCCCC1. The van der Waals surface area contributed by atoms with Gasteiger partial charge < -0.3 is 5.32 Å². The zero-order valence-corrected chi connectivity index (χ0v) is 11.9. The quantitative estimate of drug-likeness (QED) is 0.879. The summed E-state index contributed by atoms with van der Waals surface area (Å²) in [6.45, 7) is 0. The first-order valence-electron chi connectivity index (χ1n) is 6.25. The van der Waals surface area contributed by atoms with Crippen molar-refractivity contribution in [2.24, 2.45) is 5.41 Å². The number of nitrogens with zero attached hydrogens (tertiary/aromatic N) is 1. The molecule has 0 heterocycles. The highest BCUT2D eigenvalue weighted by Crippen LogP contribution is 2.37. The molecular weight excluding hydrogens is 283 g/mol. The van der Waals surface area contributed by atoms with E-state index in [2.05, 4.69) is 11.4 Å². The van der Waals surface area contributed by atoms with Crippen molar-refractivity contribution in [3.63, 3.8) is 0 Å². The second kappa shape index (κ2) is 5.81. The summed E-state index contributed by atoms with van der Waals surface area (Å²) in [5.74, 6) is -0.265. The number of anilines is 1. The van der Waals surface area contributed by atoms with E-state index in [4.69, 9.17) is 23.2 Å². The molecule has 1 amide bonds. The normalized spacial score (nSPS) is 17.5. The fourth-order valence-corrected chi connectivity index (χ4v) is 2.83. The maximum absolute atomic E-state index is 12.3. The third-order valence-electron chi connectivity index (χ3n) is 3.54. The van der Waals surface area contributed by atoms with Gasteiger partial charge in [-0.15, -0.1) is 0 Å². The van der Waals surface area contributed by atoms with Crippen LogP contribution in [-0.2, 0) is 4.79 Å². The van der Waals surface area contributed by atoms with E-state index < -0.39 is 5.41 Å². The summed E-state index contributed by atoms with van der Waals surface area (Å²) >= 11 is 11.8. The van der Waals surface area contributed by atoms with Gasteiger partial charge in [-0.1, -0.05) is 42.5 Å². The van der Waals surface area contributed by atoms with E-state index in [0.29, 0.717) is 28.6 Å². The number of hydrogen-bond donors (Lipinski definition) is 1. The predicted molar refractivity (Wildman–Crippen MR) is 76.2 cm³/mol. The summed E-state index contributed by atoms with van der Waals surface area (Å²) in [5, 5.41) is 13.0. The summed E-state index contributed by atoms with van der Waals surface area (Å²) in [6, 6.07) is 7.06. The minimum Gasteiger partial charge on any atom is -0.323 e. The number of hydrogen-bond acceptors (Lipinski definition) is 2. The van der Waals surface area contributed by atoms with Crippen LogP contribution in [0.15, 0.2) is 18.2 Å². The molecule has 5 heteroatoms. The summed E-state index contributed by atoms with van der Waals surface area (Å²) in [7, 11) is 0. The fraction of sp³-hybridized carbons (Fsp3) is 0.429. The Kier molecular flexibility index (Phi) is 4.34. The second-order valence-corrected chi connectivity index (χ2v) is 5.68. The van der Waals surface area contributed by atoms with E-state index in [1.54, 1.807) is 18.2 Å². The third kappa shape index (κ3) is 3.02. The van der Waals surface area contributed by atoms with Crippen LogP contribution < -0.4 is 5.32 Å². The Hall–Kier alpha value is -1.24. The van der Waals surface area contributed by atoms with E-state index in [9.17, 15) is 10.1 Å². The van der Waals surface area contributed by atoms with Crippen molar-refractivity contribution in [2.75, 3.05) is 5.32 Å². The average molecular weight is 297 g/mol. The molecule has 2 rings (SSSR count). The maximum Gasteiger partial charge on any atom is 0.244 e. The molecule has 0 bridgehead atoms. The highest BCUT2D eigenvalue weighted by molar-refractivity contribution is 6.36. The first kappa shape index (κ1) is 14.2. The molecule has 1 aliphatic carbocycles. The zero-order valence-electron chi connectivity index (χ0n) is 10.4. The van der Waals surface area contributed by atoms with Crippen LogP contribution in [0.5, 0.6) is 0 Å². The molecular formula is C14H14Cl2N2O. The molecule has 1 N–H and O–H groups in total. The van der Waals surface area contributed by atoms with E-state index in [1.165, 1.54) is 0 Å². The molecule has 0 aromatic heterocycles. The second-order valence-electron chi connectivity index (χ2n) is 4.83. The highest BCUT2D eigenvalue weighted by Gasteiger charge is 2.39. The van der Waals surface area contributed by atoms with Gasteiger partial charge in [0.05, 0.1) is 16.8 Å². The van der Waals surface area contributed by atoms with E-state index in [1.807, 2.05) is 0 Å². The van der Waals surface area contributed by atoms with Crippen LogP contribution in [0.25, 0.3) is 0 Å². The average Bonchev–Trinajstić information content (AvgIpc) is 2.42. The van der Waals surface area contributed by atoms with Gasteiger partial charge in [0.15, 0.2) is 0 Å². The lowest BCUT2D eigenvalue weighted by molar-refractivity contribution is -0.124. The number of benzene rings is 1. The Morgan fingerprint density at radius 3 is 2.53 bits per heavy atom. The number of nitrogens with one attached hydrogen (secondary N) is 1. The van der Waals surface area contributed by atoms with Crippen LogP contribution in [-0.4, -0.2) is 5.91 Å². The summed E-state index contributed by atoms with van der Waals surface area (Å²) in [4.78, 5) is 12.3. The molecule has 1 fully saturated rings. The summed E-state index contributed by atoms with van der Waals surface area (Å²) < 4.78 is 0. The molecule has 1 aromatic rings. The smallest absolute Gasteiger partial charge is 0.244 e. The van der Waals surface area contributed by atoms with Gasteiger partial charge in [-0.05, 0) is 31.0 Å². The Balaban J connectivity index is 2.18. The monoisotopic (exact) mass is 296 g/mol. The first-order chi connectivity index (χ1) is 9.07. The number of nitriles is 1. The standard InChI is InChI=1S/C14H14Cl2N2O/c15-10-4-5-12(11(16)8-10)18-13(19)14(9-17)6-2-1-3-7-14/h4-5,8H,1-3,6-7H2,(H,18,19). The molecule has 1 saturated carbocycles. The van der Waals surface area contributed by atoms with Gasteiger partial charge in [-0.25, -0.2) is 0 Å². The van der Waals surface area contributed by atoms with Gasteiger partial charge in [0.1, 0.15) is 5.41 Å². The Labute approximate surface area is 122 Å². The van der Waals surface area contributed by atoms with Crippen molar-refractivity contribution in [1.82, 2.24) is 0 Å². The largest absolute Gasteiger partial charge is 0.323 e. The zero-order chi connectivity index (χ0) is 13.9. The van der Waals surface area contributed by atoms with E-state index >= 15 is 0 Å². The van der Waals surface area contributed by atoms with Crippen LogP contribution >= 0.6 is 23.2 Å². The van der Waals surface area contributed by atoms with Crippen molar-refractivity contribution < 1.29 is 4.79 Å². The van der Waals surface area contributed by atoms with E-state index in [0.717, 1.165) is 19.3 Å². The van der Waals surface area contributed by atoms with Crippen LogP contribution in [0.4, 0.5) is 5.69 Å². The predicted octanol–water partition coefficient (Wildman–Crippen LogP) is 4.41. The molecule has 0 unspecified atom stereocenters. The van der Waals surface area contributed by atoms with Crippen LogP contribution in [0, 0.1) is 16.7 Å². The molecule has 1 aromatic carbocycles. The number of rotatable bonds is 2. The number of carbonyl (C=O) groups is 1. The molecule has 1 aliphatic rings. The Morgan fingerprint density at radius 2 is 1.95 bits per heavy atom. The molecule has 3 nitrogen and oxygen atoms in total. The molecule has 0 spiro atoms. The van der Waals surface area contributed by atoms with Crippen molar-refractivity contribution >= 4 is 34.8 Å². The van der Waals surface area contributed by atoms with Gasteiger partial charge in [0.2, 0.25) is 5.91 Å². The van der Waals surface area contributed by atoms with Crippen LogP contribution in [0.2, 0.25) is 10.0 Å². The lowest BCUT2D eigenvalue weighted by Crippen LogP contribution is -2.36. The van der Waals surface area contributed by atoms with Gasteiger partial charge in [-0.2, -0.15) is 5.26 Å². The summed E-state index contributed by atoms with van der Waals surface area (Å²) in [5.41, 5.74) is -0.419. The number of carbonyl (C=O) groups excluding carboxylic acids is 1. The van der Waals surface area contributed by atoms with Crippen molar-refractivity contribution in [3.05, 3.63) is 28.2 Å².